The highest BCUT2D eigenvalue weighted by Gasteiger charge is 2.44. The zero-order chi connectivity index (χ0) is 20.9. The summed E-state index contributed by atoms with van der Waals surface area (Å²) in [6.45, 7) is 0. The summed E-state index contributed by atoms with van der Waals surface area (Å²) in [5, 5.41) is 6.75. The molecule has 2 aromatic carbocycles. The van der Waals surface area contributed by atoms with E-state index in [4.69, 9.17) is 0 Å². The van der Waals surface area contributed by atoms with Crippen molar-refractivity contribution in [2.24, 2.45) is 13.0 Å². The molecule has 2 unspecified atom stereocenters. The molecule has 0 aliphatic heterocycles. The summed E-state index contributed by atoms with van der Waals surface area (Å²) in [6, 6.07) is 6.28. The minimum atomic E-state index is -1.55. The number of aryl methyl sites for hydroxylation is 1. The van der Waals surface area contributed by atoms with Crippen molar-refractivity contribution < 1.29 is 26.7 Å². The molecule has 0 bridgehead atoms. The van der Waals surface area contributed by atoms with Gasteiger partial charge in [0, 0.05) is 30.7 Å². The highest BCUT2D eigenvalue weighted by atomic mass is 19.2. The molecule has 2 atom stereocenters. The number of hydrogen-bond donors (Lipinski definition) is 1. The lowest BCUT2D eigenvalue weighted by molar-refractivity contribution is -0.117. The number of nitrogens with zero attached hydrogens (tertiary/aromatic N) is 2. The Morgan fingerprint density at radius 3 is 2.38 bits per heavy atom. The molecule has 0 spiro atoms. The normalized spacial score (nSPS) is 18.0. The molecule has 1 saturated carbocycles. The molecule has 1 fully saturated rings. The van der Waals surface area contributed by atoms with E-state index in [1.165, 1.54) is 23.9 Å². The van der Waals surface area contributed by atoms with Crippen LogP contribution in [0, 0.1) is 35.0 Å². The van der Waals surface area contributed by atoms with Gasteiger partial charge in [-0.15, -0.1) is 0 Å². The fraction of sp³-hybridized carbons (Fsp3) is 0.200. The minimum absolute atomic E-state index is 0.0732. The van der Waals surface area contributed by atoms with Crippen LogP contribution in [0.25, 0.3) is 11.3 Å². The van der Waals surface area contributed by atoms with Gasteiger partial charge in [0.1, 0.15) is 17.5 Å². The SMILES string of the molecule is Cn1nc(-c2ccc(F)cc2F)cc1NC(=O)C1CC1c1cc(F)c(F)c(F)c1. The number of anilines is 1. The van der Waals surface area contributed by atoms with Gasteiger partial charge in [-0.05, 0) is 42.2 Å². The third kappa shape index (κ3) is 3.59. The van der Waals surface area contributed by atoms with E-state index in [1.807, 2.05) is 0 Å². The number of benzene rings is 2. The number of carbonyl (C=O) groups is 1. The van der Waals surface area contributed by atoms with Crippen molar-refractivity contribution in [3.8, 4) is 11.3 Å². The maximum Gasteiger partial charge on any atom is 0.229 e. The standard InChI is InChI=1S/C20H14F5N3O/c1-28-18(8-17(27-28)11-3-2-10(21)6-14(11)22)26-20(29)13-7-12(13)9-4-15(23)19(25)16(24)5-9/h2-6,8,12-13H,7H2,1H3,(H,26,29). The summed E-state index contributed by atoms with van der Waals surface area (Å²) >= 11 is 0. The molecule has 3 aromatic rings. The fourth-order valence-corrected chi connectivity index (χ4v) is 3.27. The molecule has 1 N–H and O–H groups in total. The van der Waals surface area contributed by atoms with E-state index in [0.717, 1.165) is 24.3 Å². The number of nitrogens with one attached hydrogen (secondary N) is 1. The van der Waals surface area contributed by atoms with Crippen molar-refractivity contribution in [1.29, 1.82) is 0 Å². The van der Waals surface area contributed by atoms with Crippen LogP contribution in [-0.2, 0) is 11.8 Å². The van der Waals surface area contributed by atoms with E-state index in [2.05, 4.69) is 10.4 Å². The summed E-state index contributed by atoms with van der Waals surface area (Å²) in [6.07, 6.45) is 0.355. The zero-order valence-electron chi connectivity index (χ0n) is 15.0. The van der Waals surface area contributed by atoms with Gasteiger partial charge in [-0.1, -0.05) is 0 Å². The molecular formula is C20H14F5N3O. The lowest BCUT2D eigenvalue weighted by Gasteiger charge is -2.05. The summed E-state index contributed by atoms with van der Waals surface area (Å²) in [5.41, 5.74) is 0.486. The Morgan fingerprint density at radius 1 is 1.03 bits per heavy atom. The lowest BCUT2D eigenvalue weighted by Crippen LogP contribution is -2.16. The smallest absolute Gasteiger partial charge is 0.229 e. The molecule has 1 aliphatic rings. The maximum absolute atomic E-state index is 13.9. The van der Waals surface area contributed by atoms with Gasteiger partial charge in [-0.2, -0.15) is 5.10 Å². The van der Waals surface area contributed by atoms with Crippen molar-refractivity contribution in [1.82, 2.24) is 9.78 Å². The molecule has 1 amide bonds. The van der Waals surface area contributed by atoms with Crippen molar-refractivity contribution in [3.05, 3.63) is 71.0 Å². The van der Waals surface area contributed by atoms with Crippen LogP contribution >= 0.6 is 0 Å². The van der Waals surface area contributed by atoms with Crippen LogP contribution < -0.4 is 5.32 Å². The van der Waals surface area contributed by atoms with Gasteiger partial charge >= 0.3 is 0 Å². The predicted molar refractivity (Wildman–Crippen MR) is 94.4 cm³/mol. The average molecular weight is 407 g/mol. The molecule has 9 heteroatoms. The third-order valence-corrected chi connectivity index (χ3v) is 4.90. The Hall–Kier alpha value is -3.23. The molecular weight excluding hydrogens is 393 g/mol. The van der Waals surface area contributed by atoms with E-state index < -0.39 is 46.8 Å². The van der Waals surface area contributed by atoms with Gasteiger partial charge in [0.2, 0.25) is 5.91 Å². The van der Waals surface area contributed by atoms with Crippen molar-refractivity contribution in [3.63, 3.8) is 0 Å². The van der Waals surface area contributed by atoms with E-state index in [0.29, 0.717) is 6.42 Å². The number of carbonyl (C=O) groups excluding carboxylic acids is 1. The van der Waals surface area contributed by atoms with E-state index >= 15 is 0 Å². The largest absolute Gasteiger partial charge is 0.311 e. The molecule has 0 saturated heterocycles. The number of halogens is 5. The van der Waals surface area contributed by atoms with Crippen LogP contribution in [0.2, 0.25) is 0 Å². The second-order valence-electron chi connectivity index (χ2n) is 6.90. The van der Waals surface area contributed by atoms with Crippen LogP contribution in [0.5, 0.6) is 0 Å². The molecule has 150 valence electrons. The summed E-state index contributed by atoms with van der Waals surface area (Å²) in [7, 11) is 1.54. The molecule has 1 aliphatic carbocycles. The number of aromatic nitrogens is 2. The summed E-state index contributed by atoms with van der Waals surface area (Å²) in [5.74, 6) is -6.77. The van der Waals surface area contributed by atoms with Crippen molar-refractivity contribution in [2.75, 3.05) is 5.32 Å². The molecule has 1 heterocycles. The van der Waals surface area contributed by atoms with Crippen LogP contribution in [0.1, 0.15) is 17.9 Å². The Kier molecular flexibility index (Phi) is 4.60. The molecule has 4 nitrogen and oxygen atoms in total. The molecule has 4 rings (SSSR count). The minimum Gasteiger partial charge on any atom is -0.311 e. The van der Waals surface area contributed by atoms with Gasteiger partial charge in [-0.3, -0.25) is 9.48 Å². The van der Waals surface area contributed by atoms with E-state index in [1.54, 1.807) is 0 Å². The monoisotopic (exact) mass is 407 g/mol. The van der Waals surface area contributed by atoms with Crippen LogP contribution in [0.4, 0.5) is 27.8 Å². The van der Waals surface area contributed by atoms with Crippen molar-refractivity contribution in [2.45, 2.75) is 12.3 Å². The van der Waals surface area contributed by atoms with Crippen LogP contribution in [0.15, 0.2) is 36.4 Å². The topological polar surface area (TPSA) is 46.9 Å². The molecule has 1 aromatic heterocycles. The average Bonchev–Trinajstić information content (AvgIpc) is 3.38. The quantitative estimate of drug-likeness (QED) is 0.511. The van der Waals surface area contributed by atoms with Gasteiger partial charge in [0.15, 0.2) is 17.5 Å². The number of hydrogen-bond acceptors (Lipinski definition) is 2. The first-order chi connectivity index (χ1) is 13.7. The van der Waals surface area contributed by atoms with Gasteiger partial charge < -0.3 is 5.32 Å². The first-order valence-corrected chi connectivity index (χ1v) is 8.69. The predicted octanol–water partition coefficient (Wildman–Crippen LogP) is 4.52. The van der Waals surface area contributed by atoms with Crippen LogP contribution in [-0.4, -0.2) is 15.7 Å². The lowest BCUT2D eigenvalue weighted by atomic mass is 10.1. The fourth-order valence-electron chi connectivity index (χ4n) is 3.27. The Bertz CT molecular complexity index is 1100. The maximum atomic E-state index is 13.9. The second-order valence-corrected chi connectivity index (χ2v) is 6.90. The molecule has 29 heavy (non-hydrogen) atoms. The van der Waals surface area contributed by atoms with Gasteiger partial charge in [-0.25, -0.2) is 22.0 Å². The first-order valence-electron chi connectivity index (χ1n) is 8.69. The van der Waals surface area contributed by atoms with Gasteiger partial charge in [0.05, 0.1) is 5.69 Å². The number of amides is 1. The summed E-state index contributed by atoms with van der Waals surface area (Å²) < 4.78 is 68.2. The summed E-state index contributed by atoms with van der Waals surface area (Å²) in [4.78, 5) is 12.5. The molecule has 0 radical (unpaired) electrons. The Balaban J connectivity index is 1.49. The number of rotatable bonds is 4. The zero-order valence-corrected chi connectivity index (χ0v) is 15.0. The third-order valence-electron chi connectivity index (χ3n) is 4.90. The Labute approximate surface area is 162 Å². The Morgan fingerprint density at radius 2 is 1.72 bits per heavy atom. The van der Waals surface area contributed by atoms with Crippen LogP contribution in [0.3, 0.4) is 0 Å². The van der Waals surface area contributed by atoms with E-state index in [-0.39, 0.29) is 22.6 Å². The highest BCUT2D eigenvalue weighted by Crippen LogP contribution is 2.48. The highest BCUT2D eigenvalue weighted by molar-refractivity contribution is 5.95. The van der Waals surface area contributed by atoms with Gasteiger partial charge in [0.25, 0.3) is 0 Å². The first kappa shape index (κ1) is 19.1. The second kappa shape index (κ2) is 6.98. The van der Waals surface area contributed by atoms with E-state index in [9.17, 15) is 26.7 Å². The van der Waals surface area contributed by atoms with Crippen molar-refractivity contribution >= 4 is 11.7 Å².